The molecule has 1 aliphatic heterocycles. The van der Waals surface area contributed by atoms with E-state index in [1.54, 1.807) is 36.4 Å². The van der Waals surface area contributed by atoms with Gasteiger partial charge in [0.25, 0.3) is 5.79 Å². The van der Waals surface area contributed by atoms with Gasteiger partial charge in [0.05, 0.1) is 0 Å². The Balaban J connectivity index is 1.82. The number of halogens is 1. The minimum absolute atomic E-state index is 0.157. The quantitative estimate of drug-likeness (QED) is 0.476. The minimum Gasteiger partial charge on any atom is -0.419 e. The summed E-state index contributed by atoms with van der Waals surface area (Å²) in [6, 6.07) is 13.4. The molecular weight excluding hydrogens is 337 g/mol. The fourth-order valence-electron chi connectivity index (χ4n) is 2.57. The van der Waals surface area contributed by atoms with Gasteiger partial charge in [0.2, 0.25) is 0 Å². The number of rotatable bonds is 3. The highest BCUT2D eigenvalue weighted by Gasteiger charge is 2.38. The second kappa shape index (κ2) is 6.63. The Morgan fingerprint density at radius 1 is 0.962 bits per heavy atom. The van der Waals surface area contributed by atoms with Crippen molar-refractivity contribution in [3.05, 3.63) is 65.5 Å². The lowest BCUT2D eigenvalue weighted by Gasteiger charge is -2.29. The van der Waals surface area contributed by atoms with Crippen LogP contribution in [-0.2, 0) is 19.1 Å². The SMILES string of the molecule is CN(c1ccc(C=C2C(=O)OC(C)(C)OC2=O)cc1)c1cccc(F)c1. The van der Waals surface area contributed by atoms with Crippen LogP contribution in [0.5, 0.6) is 0 Å². The maximum Gasteiger partial charge on any atom is 0.348 e. The lowest BCUT2D eigenvalue weighted by atomic mass is 10.1. The van der Waals surface area contributed by atoms with Crippen molar-refractivity contribution in [2.75, 3.05) is 11.9 Å². The first-order chi connectivity index (χ1) is 12.2. The molecule has 0 aromatic heterocycles. The Bertz CT molecular complexity index is 865. The van der Waals surface area contributed by atoms with Crippen LogP contribution in [0.25, 0.3) is 6.08 Å². The van der Waals surface area contributed by atoms with Gasteiger partial charge >= 0.3 is 11.9 Å². The van der Waals surface area contributed by atoms with E-state index in [4.69, 9.17) is 9.47 Å². The van der Waals surface area contributed by atoms with Crippen molar-refractivity contribution in [3.8, 4) is 0 Å². The third kappa shape index (κ3) is 3.74. The van der Waals surface area contributed by atoms with E-state index in [0.29, 0.717) is 11.3 Å². The van der Waals surface area contributed by atoms with Crippen molar-refractivity contribution in [2.24, 2.45) is 0 Å². The van der Waals surface area contributed by atoms with Crippen molar-refractivity contribution < 1.29 is 23.5 Å². The summed E-state index contributed by atoms with van der Waals surface area (Å²) < 4.78 is 23.5. The van der Waals surface area contributed by atoms with Crippen LogP contribution in [0.3, 0.4) is 0 Å². The van der Waals surface area contributed by atoms with E-state index in [0.717, 1.165) is 5.69 Å². The molecule has 1 saturated heterocycles. The molecule has 0 atom stereocenters. The summed E-state index contributed by atoms with van der Waals surface area (Å²) in [6.07, 6.45) is 1.42. The molecule has 0 radical (unpaired) electrons. The highest BCUT2D eigenvalue weighted by atomic mass is 19.1. The molecule has 1 fully saturated rings. The number of anilines is 2. The third-order valence-corrected chi connectivity index (χ3v) is 3.90. The number of ether oxygens (including phenoxy) is 2. The number of carbonyl (C=O) groups excluding carboxylic acids is 2. The Morgan fingerprint density at radius 3 is 2.15 bits per heavy atom. The maximum absolute atomic E-state index is 13.4. The third-order valence-electron chi connectivity index (χ3n) is 3.90. The molecule has 5 nitrogen and oxygen atoms in total. The predicted octanol–water partition coefficient (Wildman–Crippen LogP) is 3.81. The molecule has 1 aliphatic rings. The summed E-state index contributed by atoms with van der Waals surface area (Å²) in [5.74, 6) is -3.00. The van der Waals surface area contributed by atoms with Gasteiger partial charge in [-0.05, 0) is 42.0 Å². The van der Waals surface area contributed by atoms with Crippen LogP contribution >= 0.6 is 0 Å². The summed E-state index contributed by atoms with van der Waals surface area (Å²) in [7, 11) is 1.82. The molecule has 2 aromatic carbocycles. The first kappa shape index (κ1) is 17.7. The minimum atomic E-state index is -1.26. The van der Waals surface area contributed by atoms with Crippen molar-refractivity contribution in [2.45, 2.75) is 19.6 Å². The first-order valence-electron chi connectivity index (χ1n) is 8.03. The van der Waals surface area contributed by atoms with E-state index < -0.39 is 17.7 Å². The van der Waals surface area contributed by atoms with Gasteiger partial charge in [-0.25, -0.2) is 14.0 Å². The number of nitrogens with zero attached hydrogens (tertiary/aromatic N) is 1. The summed E-state index contributed by atoms with van der Waals surface area (Å²) >= 11 is 0. The molecule has 1 heterocycles. The Hall–Kier alpha value is -3.15. The van der Waals surface area contributed by atoms with E-state index in [9.17, 15) is 14.0 Å². The van der Waals surface area contributed by atoms with E-state index in [1.807, 2.05) is 11.9 Å². The zero-order valence-electron chi connectivity index (χ0n) is 14.7. The van der Waals surface area contributed by atoms with E-state index in [2.05, 4.69) is 0 Å². The first-order valence-corrected chi connectivity index (χ1v) is 8.03. The lowest BCUT2D eigenvalue weighted by molar-refractivity contribution is -0.222. The molecule has 0 unspecified atom stereocenters. The van der Waals surface area contributed by atoms with Gasteiger partial charge < -0.3 is 14.4 Å². The molecule has 0 bridgehead atoms. The molecule has 0 aliphatic carbocycles. The van der Waals surface area contributed by atoms with Crippen LogP contribution < -0.4 is 4.90 Å². The smallest absolute Gasteiger partial charge is 0.348 e. The largest absolute Gasteiger partial charge is 0.419 e. The average Bonchev–Trinajstić information content (AvgIpc) is 2.57. The van der Waals surface area contributed by atoms with Crippen LogP contribution in [0.15, 0.2) is 54.1 Å². The van der Waals surface area contributed by atoms with Gasteiger partial charge in [-0.2, -0.15) is 0 Å². The van der Waals surface area contributed by atoms with Crippen LogP contribution in [0, 0.1) is 5.82 Å². The van der Waals surface area contributed by atoms with Gasteiger partial charge in [-0.3, -0.25) is 0 Å². The fourth-order valence-corrected chi connectivity index (χ4v) is 2.57. The van der Waals surface area contributed by atoms with E-state index >= 15 is 0 Å². The molecule has 0 spiro atoms. The molecule has 2 aromatic rings. The summed E-state index contributed by atoms with van der Waals surface area (Å²) in [5, 5.41) is 0. The molecule has 0 amide bonds. The fraction of sp³-hybridized carbons (Fsp3) is 0.200. The zero-order chi connectivity index (χ0) is 18.9. The Labute approximate surface area is 150 Å². The molecule has 134 valence electrons. The maximum atomic E-state index is 13.4. The van der Waals surface area contributed by atoms with Crippen LogP contribution in [0.1, 0.15) is 19.4 Å². The van der Waals surface area contributed by atoms with Crippen molar-refractivity contribution >= 4 is 29.4 Å². The van der Waals surface area contributed by atoms with E-state index in [1.165, 1.54) is 32.1 Å². The number of carbonyl (C=O) groups is 2. The number of cyclic esters (lactones) is 2. The number of hydrogen-bond acceptors (Lipinski definition) is 5. The molecule has 3 rings (SSSR count). The molecular formula is C20H18FNO4. The van der Waals surface area contributed by atoms with Crippen LogP contribution in [-0.4, -0.2) is 24.8 Å². The second-order valence-electron chi connectivity index (χ2n) is 6.37. The summed E-state index contributed by atoms with van der Waals surface area (Å²) in [5.41, 5.74) is 2.02. The van der Waals surface area contributed by atoms with Gasteiger partial charge in [0.15, 0.2) is 0 Å². The normalized spacial score (nSPS) is 15.9. The number of benzene rings is 2. The predicted molar refractivity (Wildman–Crippen MR) is 95.1 cm³/mol. The van der Waals surface area contributed by atoms with Gasteiger partial charge in [0.1, 0.15) is 11.4 Å². The summed E-state index contributed by atoms with van der Waals surface area (Å²) in [6.45, 7) is 2.99. The number of hydrogen-bond donors (Lipinski definition) is 0. The topological polar surface area (TPSA) is 55.8 Å². The zero-order valence-corrected chi connectivity index (χ0v) is 14.7. The highest BCUT2D eigenvalue weighted by molar-refractivity contribution is 6.18. The van der Waals surface area contributed by atoms with Crippen molar-refractivity contribution in [3.63, 3.8) is 0 Å². The highest BCUT2D eigenvalue weighted by Crippen LogP contribution is 2.27. The van der Waals surface area contributed by atoms with Crippen LogP contribution in [0.2, 0.25) is 0 Å². The lowest BCUT2D eigenvalue weighted by Crippen LogP contribution is -2.41. The van der Waals surface area contributed by atoms with Crippen LogP contribution in [0.4, 0.5) is 15.8 Å². The number of esters is 2. The monoisotopic (exact) mass is 355 g/mol. The van der Waals surface area contributed by atoms with Gasteiger partial charge in [-0.1, -0.05) is 18.2 Å². The molecule has 26 heavy (non-hydrogen) atoms. The van der Waals surface area contributed by atoms with Gasteiger partial charge in [0, 0.05) is 32.3 Å². The standard InChI is InChI=1S/C20H18FNO4/c1-20(2)25-18(23)17(19(24)26-20)11-13-7-9-15(10-8-13)22(3)16-6-4-5-14(21)12-16/h4-12H,1-3H3. The van der Waals surface area contributed by atoms with Gasteiger partial charge in [-0.15, -0.1) is 0 Å². The molecule has 0 N–H and O–H groups in total. The van der Waals surface area contributed by atoms with E-state index in [-0.39, 0.29) is 11.4 Å². The summed E-state index contributed by atoms with van der Waals surface area (Å²) in [4.78, 5) is 25.8. The second-order valence-corrected chi connectivity index (χ2v) is 6.37. The molecule has 6 heteroatoms. The Kier molecular flexibility index (Phi) is 4.50. The average molecular weight is 355 g/mol. The Morgan fingerprint density at radius 2 is 1.58 bits per heavy atom. The van der Waals surface area contributed by atoms with Crippen molar-refractivity contribution in [1.29, 1.82) is 0 Å². The molecule has 0 saturated carbocycles. The van der Waals surface area contributed by atoms with Crippen molar-refractivity contribution in [1.82, 2.24) is 0 Å².